The van der Waals surface area contributed by atoms with Crippen molar-refractivity contribution in [1.29, 1.82) is 0 Å². The first-order valence-corrected chi connectivity index (χ1v) is 7.18. The van der Waals surface area contributed by atoms with Crippen molar-refractivity contribution in [3.63, 3.8) is 0 Å². The Labute approximate surface area is 119 Å². The zero-order chi connectivity index (χ0) is 15.0. The van der Waals surface area contributed by atoms with Crippen LogP contribution in [0.15, 0.2) is 4.79 Å². The molecule has 0 spiro atoms. The normalized spacial score (nSPS) is 22.9. The van der Waals surface area contributed by atoms with Crippen molar-refractivity contribution in [3.05, 3.63) is 27.2 Å². The van der Waals surface area contributed by atoms with E-state index in [2.05, 4.69) is 18.9 Å². The van der Waals surface area contributed by atoms with Gasteiger partial charge >= 0.3 is 0 Å². The average Bonchev–Trinajstić information content (AvgIpc) is 2.36. The summed E-state index contributed by atoms with van der Waals surface area (Å²) in [7, 11) is 1.59. The minimum atomic E-state index is -0.302. The van der Waals surface area contributed by atoms with Gasteiger partial charge in [-0.3, -0.25) is 9.59 Å². The van der Waals surface area contributed by atoms with E-state index >= 15 is 0 Å². The van der Waals surface area contributed by atoms with E-state index in [9.17, 15) is 9.59 Å². The molecule has 1 aliphatic heterocycles. The predicted octanol–water partition coefficient (Wildman–Crippen LogP) is 1.66. The van der Waals surface area contributed by atoms with Crippen molar-refractivity contribution in [1.82, 2.24) is 14.7 Å². The van der Waals surface area contributed by atoms with Gasteiger partial charge in [0.15, 0.2) is 0 Å². The highest BCUT2D eigenvalue weighted by Gasteiger charge is 2.30. The van der Waals surface area contributed by atoms with Crippen LogP contribution in [0, 0.1) is 19.8 Å². The van der Waals surface area contributed by atoms with E-state index in [1.165, 1.54) is 4.68 Å². The van der Waals surface area contributed by atoms with Gasteiger partial charge in [-0.15, -0.1) is 0 Å². The predicted molar refractivity (Wildman–Crippen MR) is 77.8 cm³/mol. The van der Waals surface area contributed by atoms with E-state index < -0.39 is 0 Å². The van der Waals surface area contributed by atoms with Gasteiger partial charge in [-0.25, -0.2) is 4.68 Å². The van der Waals surface area contributed by atoms with Gasteiger partial charge < -0.3 is 4.90 Å². The third-order valence-electron chi connectivity index (χ3n) is 4.34. The summed E-state index contributed by atoms with van der Waals surface area (Å²) in [6.45, 7) is 8.62. The molecule has 20 heavy (non-hydrogen) atoms. The summed E-state index contributed by atoms with van der Waals surface area (Å²) in [4.78, 5) is 26.8. The van der Waals surface area contributed by atoms with Gasteiger partial charge in [0.05, 0.1) is 5.69 Å². The number of aromatic nitrogens is 2. The monoisotopic (exact) mass is 277 g/mol. The zero-order valence-electron chi connectivity index (χ0n) is 12.9. The molecule has 1 amide bonds. The lowest BCUT2D eigenvalue weighted by Crippen LogP contribution is -2.46. The fourth-order valence-corrected chi connectivity index (χ4v) is 2.95. The Morgan fingerprint density at radius 1 is 1.30 bits per heavy atom. The lowest BCUT2D eigenvalue weighted by Gasteiger charge is -2.36. The number of hydrogen-bond acceptors (Lipinski definition) is 3. The van der Waals surface area contributed by atoms with Crippen LogP contribution >= 0.6 is 0 Å². The molecule has 0 aliphatic carbocycles. The quantitative estimate of drug-likeness (QED) is 0.784. The second-order valence-electron chi connectivity index (χ2n) is 5.99. The fraction of sp³-hybridized carbons (Fsp3) is 0.667. The third kappa shape index (κ3) is 2.49. The van der Waals surface area contributed by atoms with Crippen LogP contribution in [0.1, 0.15) is 48.3 Å². The molecule has 1 aromatic rings. The first kappa shape index (κ1) is 14.8. The van der Waals surface area contributed by atoms with Crippen LogP contribution in [0.25, 0.3) is 0 Å². The Balaban J connectivity index is 2.42. The molecule has 0 N–H and O–H groups in total. The van der Waals surface area contributed by atoms with Gasteiger partial charge in [-0.2, -0.15) is 5.10 Å². The van der Waals surface area contributed by atoms with Crippen molar-refractivity contribution in [3.8, 4) is 0 Å². The minimum Gasteiger partial charge on any atom is -0.336 e. The second kappa shape index (κ2) is 5.38. The number of piperidine rings is 1. The van der Waals surface area contributed by atoms with E-state index in [0.29, 0.717) is 11.5 Å². The number of carbonyl (C=O) groups is 1. The molecule has 2 atom stereocenters. The molecule has 1 saturated heterocycles. The maximum atomic E-state index is 12.7. The third-order valence-corrected chi connectivity index (χ3v) is 4.34. The van der Waals surface area contributed by atoms with Crippen LogP contribution < -0.4 is 5.56 Å². The van der Waals surface area contributed by atoms with Crippen LogP contribution in [0.3, 0.4) is 0 Å². The van der Waals surface area contributed by atoms with E-state index in [-0.39, 0.29) is 23.1 Å². The molecular formula is C15H23N3O2. The molecule has 0 bridgehead atoms. The van der Waals surface area contributed by atoms with E-state index in [1.807, 2.05) is 11.8 Å². The summed E-state index contributed by atoms with van der Waals surface area (Å²) in [6.07, 6.45) is 1.99. The van der Waals surface area contributed by atoms with E-state index in [1.54, 1.807) is 14.0 Å². The number of rotatable bonds is 1. The first-order chi connectivity index (χ1) is 9.32. The van der Waals surface area contributed by atoms with Crippen molar-refractivity contribution in [2.75, 3.05) is 6.54 Å². The molecule has 0 radical (unpaired) electrons. The number of aryl methyl sites for hydroxylation is 2. The van der Waals surface area contributed by atoms with E-state index in [0.717, 1.165) is 25.1 Å². The van der Waals surface area contributed by atoms with Gasteiger partial charge in [0.2, 0.25) is 0 Å². The van der Waals surface area contributed by atoms with Crippen LogP contribution in [0.5, 0.6) is 0 Å². The van der Waals surface area contributed by atoms with Crippen molar-refractivity contribution >= 4 is 5.91 Å². The summed E-state index contributed by atoms with van der Waals surface area (Å²) >= 11 is 0. The van der Waals surface area contributed by atoms with Gasteiger partial charge in [0.25, 0.3) is 11.5 Å². The minimum absolute atomic E-state index is 0.145. The fourth-order valence-electron chi connectivity index (χ4n) is 2.95. The number of nitrogens with zero attached hydrogens (tertiary/aromatic N) is 3. The maximum Gasteiger partial charge on any atom is 0.279 e. The summed E-state index contributed by atoms with van der Waals surface area (Å²) in [5.41, 5.74) is 1.41. The highest BCUT2D eigenvalue weighted by Crippen LogP contribution is 2.24. The number of amides is 1. The smallest absolute Gasteiger partial charge is 0.279 e. The van der Waals surface area contributed by atoms with Gasteiger partial charge in [0.1, 0.15) is 5.56 Å². The first-order valence-electron chi connectivity index (χ1n) is 7.18. The molecule has 2 rings (SSSR count). The van der Waals surface area contributed by atoms with Crippen molar-refractivity contribution in [2.45, 2.75) is 46.6 Å². The number of hydrogen-bond donors (Lipinski definition) is 0. The van der Waals surface area contributed by atoms with Crippen LogP contribution in [-0.2, 0) is 7.05 Å². The molecule has 110 valence electrons. The molecular weight excluding hydrogens is 254 g/mol. The van der Waals surface area contributed by atoms with Crippen molar-refractivity contribution < 1.29 is 4.79 Å². The van der Waals surface area contributed by atoms with Gasteiger partial charge in [-0.05, 0) is 45.1 Å². The Hall–Kier alpha value is -1.65. The zero-order valence-corrected chi connectivity index (χ0v) is 12.9. The van der Waals surface area contributed by atoms with E-state index in [4.69, 9.17) is 0 Å². The standard InChI is InChI=1S/C15H23N3O2/c1-9-6-7-18(10(2)8-9)15(20)13-11(3)12(4)16-17(5)14(13)19/h9-10H,6-8H2,1-5H3/t9-,10-/m1/s1. The highest BCUT2D eigenvalue weighted by molar-refractivity contribution is 5.95. The number of carbonyl (C=O) groups excluding carboxylic acids is 1. The molecule has 0 saturated carbocycles. The van der Waals surface area contributed by atoms with Gasteiger partial charge in [-0.1, -0.05) is 6.92 Å². The lowest BCUT2D eigenvalue weighted by molar-refractivity contribution is 0.0584. The van der Waals surface area contributed by atoms with Gasteiger partial charge in [0, 0.05) is 19.6 Å². The Bertz CT molecular complexity index is 592. The van der Waals surface area contributed by atoms with Crippen LogP contribution in [0.4, 0.5) is 0 Å². The second-order valence-corrected chi connectivity index (χ2v) is 5.99. The highest BCUT2D eigenvalue weighted by atomic mass is 16.2. The molecule has 5 nitrogen and oxygen atoms in total. The molecule has 2 heterocycles. The summed E-state index contributed by atoms with van der Waals surface area (Å²) in [5.74, 6) is 0.491. The average molecular weight is 277 g/mol. The topological polar surface area (TPSA) is 55.2 Å². The molecule has 0 aromatic carbocycles. The Kier molecular flexibility index (Phi) is 3.97. The Morgan fingerprint density at radius 2 is 1.95 bits per heavy atom. The lowest BCUT2D eigenvalue weighted by atomic mass is 9.92. The Morgan fingerprint density at radius 3 is 2.55 bits per heavy atom. The van der Waals surface area contributed by atoms with Crippen LogP contribution in [0.2, 0.25) is 0 Å². The van der Waals surface area contributed by atoms with Crippen LogP contribution in [-0.4, -0.2) is 33.2 Å². The molecule has 1 aromatic heterocycles. The molecule has 5 heteroatoms. The molecule has 1 aliphatic rings. The molecule has 0 unspecified atom stereocenters. The SMILES string of the molecule is Cc1nn(C)c(=O)c(C(=O)N2CC[C@@H](C)C[C@H]2C)c1C. The summed E-state index contributed by atoms with van der Waals surface area (Å²) < 4.78 is 1.26. The number of likely N-dealkylation sites (tertiary alicyclic amines) is 1. The summed E-state index contributed by atoms with van der Waals surface area (Å²) in [5, 5.41) is 4.13. The van der Waals surface area contributed by atoms with Crippen molar-refractivity contribution in [2.24, 2.45) is 13.0 Å². The largest absolute Gasteiger partial charge is 0.336 e. The molecule has 1 fully saturated rings. The summed E-state index contributed by atoms with van der Waals surface area (Å²) in [6, 6.07) is 0.184. The maximum absolute atomic E-state index is 12.7.